The monoisotopic (exact) mass is 389 g/mol. The van der Waals surface area contributed by atoms with Crippen molar-refractivity contribution >= 4 is 17.4 Å². The van der Waals surface area contributed by atoms with Crippen LogP contribution in [0.3, 0.4) is 0 Å². The largest absolute Gasteiger partial charge is 0.366 e. The van der Waals surface area contributed by atoms with Crippen LogP contribution in [0.4, 0.5) is 0 Å². The number of primary amides is 1. The Bertz CT molecular complexity index is 901. The van der Waals surface area contributed by atoms with Gasteiger partial charge in [-0.15, -0.1) is 0 Å². The van der Waals surface area contributed by atoms with Gasteiger partial charge in [-0.25, -0.2) is 0 Å². The molecule has 5 nitrogen and oxygen atoms in total. The van der Waals surface area contributed by atoms with E-state index in [9.17, 15) is 9.59 Å². The number of hydrogen-bond donors (Lipinski definition) is 1. The number of rotatable bonds is 7. The van der Waals surface area contributed by atoms with E-state index in [0.29, 0.717) is 31.2 Å². The van der Waals surface area contributed by atoms with Crippen LogP contribution in [-0.2, 0) is 11.3 Å². The first-order chi connectivity index (χ1) is 14.1. The maximum Gasteiger partial charge on any atom is 0.248 e. The molecule has 0 bridgehead atoms. The van der Waals surface area contributed by atoms with E-state index in [0.717, 1.165) is 31.4 Å². The Balaban J connectivity index is 1.36. The van der Waals surface area contributed by atoms with Crippen molar-refractivity contribution in [1.29, 1.82) is 0 Å². The van der Waals surface area contributed by atoms with Crippen LogP contribution in [0.15, 0.2) is 60.7 Å². The molecule has 4 rings (SSSR count). The third-order valence-corrected chi connectivity index (χ3v) is 5.73. The molecule has 0 aromatic heterocycles. The number of carbonyl (C=O) groups is 2. The van der Waals surface area contributed by atoms with Gasteiger partial charge in [-0.1, -0.05) is 48.5 Å². The summed E-state index contributed by atoms with van der Waals surface area (Å²) < 4.78 is 0. The van der Waals surface area contributed by atoms with Crippen molar-refractivity contribution in [3.63, 3.8) is 0 Å². The molecule has 2 aromatic carbocycles. The van der Waals surface area contributed by atoms with Gasteiger partial charge in [0.25, 0.3) is 0 Å². The van der Waals surface area contributed by atoms with Crippen molar-refractivity contribution in [2.45, 2.75) is 31.8 Å². The molecular formula is C24H27N3O2. The summed E-state index contributed by atoms with van der Waals surface area (Å²) in [6.07, 6.45) is 5.37. The Morgan fingerprint density at radius 2 is 1.76 bits per heavy atom. The third-order valence-electron chi connectivity index (χ3n) is 5.73. The number of carbonyl (C=O) groups excluding carboxylic acids is 2. The number of nitrogens with two attached hydrogens (primary N) is 1. The molecule has 1 fully saturated rings. The molecule has 1 saturated carbocycles. The van der Waals surface area contributed by atoms with Crippen molar-refractivity contribution < 1.29 is 9.59 Å². The molecule has 0 unspecified atom stereocenters. The summed E-state index contributed by atoms with van der Waals surface area (Å²) in [7, 11) is 0. The van der Waals surface area contributed by atoms with Crippen LogP contribution < -0.4 is 5.73 Å². The lowest BCUT2D eigenvalue weighted by Gasteiger charge is -2.30. The first kappa shape index (κ1) is 19.4. The molecular weight excluding hydrogens is 362 g/mol. The minimum absolute atomic E-state index is 0.189. The van der Waals surface area contributed by atoms with E-state index in [1.807, 2.05) is 23.1 Å². The van der Waals surface area contributed by atoms with Gasteiger partial charge in [0.1, 0.15) is 0 Å². The summed E-state index contributed by atoms with van der Waals surface area (Å²) in [5.74, 6) is -0.229. The number of hydrogen-bond acceptors (Lipinski definition) is 3. The molecule has 2 N–H and O–H groups in total. The molecule has 0 radical (unpaired) electrons. The minimum atomic E-state index is -0.418. The van der Waals surface area contributed by atoms with Crippen LogP contribution in [0.25, 0.3) is 5.57 Å². The highest BCUT2D eigenvalue weighted by Gasteiger charge is 2.31. The Hall–Kier alpha value is -2.92. The highest BCUT2D eigenvalue weighted by molar-refractivity contribution is 5.92. The van der Waals surface area contributed by atoms with E-state index < -0.39 is 5.91 Å². The molecule has 5 heteroatoms. The summed E-state index contributed by atoms with van der Waals surface area (Å²) in [6, 6.07) is 18.2. The van der Waals surface area contributed by atoms with Crippen molar-refractivity contribution in [2.75, 3.05) is 19.6 Å². The lowest BCUT2D eigenvalue weighted by atomic mass is 9.99. The van der Waals surface area contributed by atoms with Crippen molar-refractivity contribution in [3.05, 3.63) is 77.4 Å². The second kappa shape index (κ2) is 8.62. The molecule has 0 atom stereocenters. The van der Waals surface area contributed by atoms with Crippen molar-refractivity contribution in [2.24, 2.45) is 5.73 Å². The first-order valence-electron chi connectivity index (χ1n) is 10.2. The number of benzene rings is 2. The van der Waals surface area contributed by atoms with Gasteiger partial charge in [-0.3, -0.25) is 14.5 Å². The standard InChI is InChI=1S/C24H27N3O2/c25-24(29)21-8-6-18(7-9-21)16-27(22-10-11-22)17-23(28)26-14-12-20(13-15-26)19-4-2-1-3-5-19/h1-9,12,22H,10-11,13-17H2,(H2,25,29). The second-order valence-electron chi connectivity index (χ2n) is 7.88. The SMILES string of the molecule is NC(=O)c1ccc(CN(CC(=O)N2CC=C(c3ccccc3)CC2)C2CC2)cc1. The van der Waals surface area contributed by atoms with Gasteiger partial charge in [-0.2, -0.15) is 0 Å². The summed E-state index contributed by atoms with van der Waals surface area (Å²) in [4.78, 5) is 28.4. The smallest absolute Gasteiger partial charge is 0.248 e. The summed E-state index contributed by atoms with van der Waals surface area (Å²) in [6.45, 7) is 2.60. The molecule has 0 saturated heterocycles. The minimum Gasteiger partial charge on any atom is -0.366 e. The molecule has 2 aliphatic rings. The first-order valence-corrected chi connectivity index (χ1v) is 10.2. The van der Waals surface area contributed by atoms with Crippen molar-refractivity contribution in [3.8, 4) is 0 Å². The average Bonchev–Trinajstić information content (AvgIpc) is 3.60. The topological polar surface area (TPSA) is 66.6 Å². The molecule has 1 heterocycles. The zero-order valence-electron chi connectivity index (χ0n) is 16.6. The van der Waals surface area contributed by atoms with Gasteiger partial charge in [0.05, 0.1) is 6.54 Å². The highest BCUT2D eigenvalue weighted by atomic mass is 16.2. The molecule has 1 aliphatic carbocycles. The van der Waals surface area contributed by atoms with E-state index in [-0.39, 0.29) is 5.91 Å². The molecule has 1 aliphatic heterocycles. The predicted molar refractivity (Wildman–Crippen MR) is 114 cm³/mol. The quantitative estimate of drug-likeness (QED) is 0.791. The number of amides is 2. The molecule has 0 spiro atoms. The average molecular weight is 389 g/mol. The van der Waals surface area contributed by atoms with Gasteiger partial charge in [0, 0.05) is 31.2 Å². The predicted octanol–water partition coefficient (Wildman–Crippen LogP) is 3.07. The second-order valence-corrected chi connectivity index (χ2v) is 7.88. The fourth-order valence-corrected chi connectivity index (χ4v) is 3.85. The molecule has 2 amide bonds. The van der Waals surface area contributed by atoms with E-state index >= 15 is 0 Å². The zero-order chi connectivity index (χ0) is 20.2. The van der Waals surface area contributed by atoms with Crippen LogP contribution in [0.5, 0.6) is 0 Å². The maximum atomic E-state index is 12.9. The van der Waals surface area contributed by atoms with Crippen LogP contribution in [-0.4, -0.2) is 47.3 Å². The fraction of sp³-hybridized carbons (Fsp3) is 0.333. The van der Waals surface area contributed by atoms with Gasteiger partial charge in [-0.05, 0) is 48.1 Å². The Labute approximate surface area is 171 Å². The Morgan fingerprint density at radius 1 is 1.03 bits per heavy atom. The van der Waals surface area contributed by atoms with Gasteiger partial charge in [0.15, 0.2) is 0 Å². The lowest BCUT2D eigenvalue weighted by molar-refractivity contribution is -0.132. The van der Waals surface area contributed by atoms with Crippen LogP contribution in [0.1, 0.15) is 40.7 Å². The van der Waals surface area contributed by atoms with Crippen molar-refractivity contribution in [1.82, 2.24) is 9.80 Å². The summed E-state index contributed by atoms with van der Waals surface area (Å²) in [5, 5.41) is 0. The third kappa shape index (κ3) is 4.93. The van der Waals surface area contributed by atoms with E-state index in [1.165, 1.54) is 11.1 Å². The highest BCUT2D eigenvalue weighted by Crippen LogP contribution is 2.29. The molecule has 29 heavy (non-hydrogen) atoms. The zero-order valence-corrected chi connectivity index (χ0v) is 16.6. The van der Waals surface area contributed by atoms with E-state index in [2.05, 4.69) is 35.2 Å². The Kier molecular flexibility index (Phi) is 5.76. The van der Waals surface area contributed by atoms with E-state index in [4.69, 9.17) is 5.73 Å². The summed E-state index contributed by atoms with van der Waals surface area (Å²) >= 11 is 0. The van der Waals surface area contributed by atoms with Crippen LogP contribution in [0.2, 0.25) is 0 Å². The fourth-order valence-electron chi connectivity index (χ4n) is 3.85. The van der Waals surface area contributed by atoms with Gasteiger partial charge in [0.2, 0.25) is 11.8 Å². The lowest BCUT2D eigenvalue weighted by Crippen LogP contribution is -2.42. The molecule has 150 valence electrons. The summed E-state index contributed by atoms with van der Waals surface area (Å²) in [5.41, 5.74) is 9.49. The van der Waals surface area contributed by atoms with Gasteiger partial charge < -0.3 is 10.6 Å². The maximum absolute atomic E-state index is 12.9. The van der Waals surface area contributed by atoms with Crippen LogP contribution in [0, 0.1) is 0 Å². The molecule has 2 aromatic rings. The van der Waals surface area contributed by atoms with Gasteiger partial charge >= 0.3 is 0 Å². The van der Waals surface area contributed by atoms with Crippen LogP contribution >= 0.6 is 0 Å². The normalized spacial score (nSPS) is 16.6. The Morgan fingerprint density at radius 3 is 2.34 bits per heavy atom. The van der Waals surface area contributed by atoms with E-state index in [1.54, 1.807) is 12.1 Å². The number of nitrogens with zero attached hydrogens (tertiary/aromatic N) is 2.